The minimum Gasteiger partial charge on any atom is -0.269 e. The Bertz CT molecular complexity index is 377. The predicted molar refractivity (Wildman–Crippen MR) is 48.2 cm³/mol. The predicted octanol–water partition coefficient (Wildman–Crippen LogP) is 1.68. The number of thiazole rings is 1. The minimum absolute atomic E-state index is 0.811. The highest BCUT2D eigenvalue weighted by atomic mass is 32.2. The zero-order valence-corrected chi connectivity index (χ0v) is 7.08. The second-order valence-corrected chi connectivity index (χ2v) is 3.97. The number of aromatic nitrogens is 1. The topological polar surface area (TPSA) is 37.6 Å². The van der Waals surface area contributed by atoms with Gasteiger partial charge in [-0.05, 0) is 0 Å². The third kappa shape index (κ3) is 0.669. The van der Waals surface area contributed by atoms with Crippen molar-refractivity contribution in [3.05, 3.63) is 11.2 Å². The summed E-state index contributed by atoms with van der Waals surface area (Å²) < 4.78 is 0. The van der Waals surface area contributed by atoms with Gasteiger partial charge >= 0.3 is 0 Å². The van der Waals surface area contributed by atoms with Crippen LogP contribution in [-0.2, 0) is 0 Å². The van der Waals surface area contributed by atoms with Gasteiger partial charge in [0.15, 0.2) is 0 Å². The van der Waals surface area contributed by atoms with Gasteiger partial charge < -0.3 is 0 Å². The third-order valence-electron chi connectivity index (χ3n) is 1.60. The Kier molecular flexibility index (Phi) is 1.03. The van der Waals surface area contributed by atoms with E-state index in [1.807, 2.05) is 5.51 Å². The van der Waals surface area contributed by atoms with Crippen LogP contribution in [0.1, 0.15) is 5.69 Å². The van der Waals surface area contributed by atoms with Crippen LogP contribution in [0.3, 0.4) is 0 Å². The maximum absolute atomic E-state index is 4.38. The first-order valence-corrected chi connectivity index (χ1v) is 5.02. The molecule has 0 aromatic carbocycles. The molecule has 0 radical (unpaired) electrons. The van der Waals surface area contributed by atoms with Crippen molar-refractivity contribution in [1.29, 1.82) is 0 Å². The fourth-order valence-corrected chi connectivity index (χ4v) is 2.62. The summed E-state index contributed by atoms with van der Waals surface area (Å²) in [5.74, 6) is 0.811. The Balaban J connectivity index is 2.32. The first-order chi connectivity index (χ1) is 5.45. The zero-order chi connectivity index (χ0) is 7.26. The number of hydrogen-bond acceptors (Lipinski definition) is 5. The summed E-state index contributed by atoms with van der Waals surface area (Å²) in [5, 5.41) is 2.07. The van der Waals surface area contributed by atoms with Gasteiger partial charge in [0.05, 0.1) is 11.4 Å². The smallest absolute Gasteiger partial charge is 0.146 e. The van der Waals surface area contributed by atoms with Crippen LogP contribution in [0.4, 0.5) is 5.00 Å². The monoisotopic (exact) mass is 181 g/mol. The van der Waals surface area contributed by atoms with Crippen molar-refractivity contribution >= 4 is 38.9 Å². The number of nitrogens with zero attached hydrogens (tertiary/aromatic N) is 3. The van der Waals surface area contributed by atoms with Gasteiger partial charge in [-0.1, -0.05) is 11.8 Å². The Labute approximate surface area is 71.3 Å². The van der Waals surface area contributed by atoms with Crippen molar-refractivity contribution in [1.82, 2.24) is 4.98 Å². The Morgan fingerprint density at radius 3 is 3.45 bits per heavy atom. The fraction of sp³-hybridized carbons (Fsp3) is 0.167. The molecule has 2 aliphatic rings. The lowest BCUT2D eigenvalue weighted by Crippen LogP contribution is -2.01. The highest BCUT2D eigenvalue weighted by molar-refractivity contribution is 8.16. The van der Waals surface area contributed by atoms with Crippen molar-refractivity contribution in [2.45, 2.75) is 0 Å². The van der Waals surface area contributed by atoms with E-state index in [1.54, 1.807) is 23.1 Å². The van der Waals surface area contributed by atoms with Crippen LogP contribution in [0.15, 0.2) is 15.5 Å². The van der Waals surface area contributed by atoms with Gasteiger partial charge in [-0.2, -0.15) is 0 Å². The van der Waals surface area contributed by atoms with E-state index in [4.69, 9.17) is 0 Å². The van der Waals surface area contributed by atoms with Gasteiger partial charge in [-0.25, -0.2) is 9.98 Å². The van der Waals surface area contributed by atoms with Crippen LogP contribution in [0.25, 0.3) is 0 Å². The van der Waals surface area contributed by atoms with E-state index in [0.29, 0.717) is 0 Å². The summed E-state index contributed by atoms with van der Waals surface area (Å²) in [6.45, 7) is 0. The zero-order valence-electron chi connectivity index (χ0n) is 5.44. The lowest BCUT2D eigenvalue weighted by atomic mass is 10.3. The molecule has 0 N–H and O–H groups in total. The highest BCUT2D eigenvalue weighted by Gasteiger charge is 2.28. The fourth-order valence-electron chi connectivity index (χ4n) is 1.13. The summed E-state index contributed by atoms with van der Waals surface area (Å²) in [5.41, 5.74) is 3.80. The molecule has 0 aliphatic carbocycles. The third-order valence-corrected chi connectivity index (χ3v) is 3.14. The molecular weight excluding hydrogens is 178 g/mol. The van der Waals surface area contributed by atoms with Gasteiger partial charge in [0.1, 0.15) is 21.5 Å². The molecule has 3 heterocycles. The maximum atomic E-state index is 4.38. The van der Waals surface area contributed by atoms with Gasteiger partial charge in [0.2, 0.25) is 0 Å². The second-order valence-electron chi connectivity index (χ2n) is 2.20. The van der Waals surface area contributed by atoms with E-state index < -0.39 is 0 Å². The minimum atomic E-state index is 0.811. The molecular formula is C6H3N3S2. The van der Waals surface area contributed by atoms with Crippen LogP contribution in [0.5, 0.6) is 0 Å². The Hall–Kier alpha value is -0.680. The lowest BCUT2D eigenvalue weighted by molar-refractivity contribution is 1.34. The summed E-state index contributed by atoms with van der Waals surface area (Å²) >= 11 is 3.26. The van der Waals surface area contributed by atoms with Crippen molar-refractivity contribution in [2.24, 2.45) is 9.98 Å². The van der Waals surface area contributed by atoms with Gasteiger partial charge in [0, 0.05) is 0 Å². The van der Waals surface area contributed by atoms with Gasteiger partial charge in [-0.3, -0.25) is 4.99 Å². The highest BCUT2D eigenvalue weighted by Crippen LogP contribution is 2.36. The molecule has 5 heteroatoms. The molecule has 3 nitrogen and oxygen atoms in total. The van der Waals surface area contributed by atoms with E-state index in [2.05, 4.69) is 15.0 Å². The maximum Gasteiger partial charge on any atom is 0.146 e. The quantitative estimate of drug-likeness (QED) is 0.610. The number of thioether (sulfide) groups is 1. The molecule has 1 aromatic rings. The largest absolute Gasteiger partial charge is 0.269 e. The van der Waals surface area contributed by atoms with E-state index in [0.717, 1.165) is 27.3 Å². The molecule has 0 amide bonds. The van der Waals surface area contributed by atoms with E-state index in [-0.39, 0.29) is 0 Å². The molecule has 0 spiro atoms. The van der Waals surface area contributed by atoms with E-state index in [1.165, 1.54) is 0 Å². The summed E-state index contributed by atoms with van der Waals surface area (Å²) in [7, 11) is 0. The normalized spacial score (nSPS) is 19.3. The van der Waals surface area contributed by atoms with Crippen LogP contribution in [0.2, 0.25) is 0 Å². The number of fused-ring (bicyclic) bond motifs is 3. The molecule has 0 fully saturated rings. The standard InChI is InChI=1S/C6H3N3S2/c1-7-3-4-6(11-2-8-4)9-5(3)10-1/h1H,2H2. The molecule has 2 aliphatic heterocycles. The molecule has 0 unspecified atom stereocenters. The Morgan fingerprint density at radius 2 is 2.45 bits per heavy atom. The van der Waals surface area contributed by atoms with Gasteiger partial charge in [-0.15, -0.1) is 11.3 Å². The van der Waals surface area contributed by atoms with Crippen molar-refractivity contribution in [3.8, 4) is 0 Å². The Morgan fingerprint density at radius 1 is 1.45 bits per heavy atom. The lowest BCUT2D eigenvalue weighted by Gasteiger charge is -1.84. The first-order valence-electron chi connectivity index (χ1n) is 3.15. The number of rotatable bonds is 0. The molecule has 1 aromatic heterocycles. The molecule has 0 bridgehead atoms. The van der Waals surface area contributed by atoms with Crippen molar-refractivity contribution < 1.29 is 0 Å². The summed E-state index contributed by atoms with van der Waals surface area (Å²) in [6.07, 6.45) is 0. The first kappa shape index (κ1) is 5.91. The van der Waals surface area contributed by atoms with E-state index >= 15 is 0 Å². The van der Waals surface area contributed by atoms with Crippen LogP contribution in [-0.4, -0.2) is 21.6 Å². The molecule has 3 rings (SSSR count). The molecule has 0 atom stereocenters. The van der Waals surface area contributed by atoms with E-state index in [9.17, 15) is 0 Å². The van der Waals surface area contributed by atoms with Crippen LogP contribution in [0, 0.1) is 0 Å². The average Bonchev–Trinajstić information content (AvgIpc) is 2.52. The molecule has 11 heavy (non-hydrogen) atoms. The summed E-state index contributed by atoms with van der Waals surface area (Å²) in [4.78, 5) is 12.9. The second kappa shape index (κ2) is 1.92. The number of aliphatic imine (C=N–C) groups is 2. The number of hydrogen-bond donors (Lipinski definition) is 0. The summed E-state index contributed by atoms with van der Waals surface area (Å²) in [6, 6.07) is 0. The van der Waals surface area contributed by atoms with Crippen LogP contribution < -0.4 is 0 Å². The van der Waals surface area contributed by atoms with Crippen molar-refractivity contribution in [3.63, 3.8) is 0 Å². The average molecular weight is 181 g/mol. The molecule has 0 saturated heterocycles. The van der Waals surface area contributed by atoms with Crippen molar-refractivity contribution in [2.75, 3.05) is 5.88 Å². The van der Waals surface area contributed by atoms with Gasteiger partial charge in [0.25, 0.3) is 0 Å². The SMILES string of the molecule is c1nc2c(s1)N=C1SCN=C12. The van der Waals surface area contributed by atoms with Crippen LogP contribution >= 0.6 is 23.1 Å². The molecule has 54 valence electrons. The molecule has 0 saturated carbocycles.